The zero-order chi connectivity index (χ0) is 30.9. The van der Waals surface area contributed by atoms with Crippen LogP contribution in [0.1, 0.15) is 100.0 Å². The molecule has 0 saturated carbocycles. The number of ether oxygens (including phenoxy) is 4. The fraction of sp³-hybridized carbons (Fsp3) is 0.677. The van der Waals surface area contributed by atoms with Crippen molar-refractivity contribution in [1.82, 2.24) is 0 Å². The van der Waals surface area contributed by atoms with Gasteiger partial charge in [-0.25, -0.2) is 0 Å². The number of esters is 4. The van der Waals surface area contributed by atoms with Gasteiger partial charge < -0.3 is 24.7 Å². The Balaban J connectivity index is 3.38. The van der Waals surface area contributed by atoms with Crippen molar-refractivity contribution >= 4 is 23.9 Å². The highest BCUT2D eigenvalue weighted by molar-refractivity contribution is 5.82. The molecule has 1 rings (SSSR count). The highest BCUT2D eigenvalue weighted by Crippen LogP contribution is 2.35. The monoisotopic (exact) mass is 563 g/mol. The molecule has 40 heavy (non-hydrogen) atoms. The number of carbonyl (C=O) groups excluding carboxylic acids is 4. The van der Waals surface area contributed by atoms with Crippen molar-refractivity contribution in [1.29, 1.82) is 0 Å². The first-order valence-corrected chi connectivity index (χ1v) is 14.1. The van der Waals surface area contributed by atoms with Crippen LogP contribution in [0, 0.1) is 16.7 Å². The molecule has 1 aromatic rings. The molecule has 9 nitrogen and oxygen atoms in total. The maximum atomic E-state index is 12.9. The molecular weight excluding hydrogens is 514 g/mol. The minimum atomic E-state index is -1.55. The van der Waals surface area contributed by atoms with Crippen LogP contribution in [0.15, 0.2) is 18.2 Å². The predicted molar refractivity (Wildman–Crippen MR) is 153 cm³/mol. The molecule has 2 unspecified atom stereocenters. The van der Waals surface area contributed by atoms with E-state index in [1.807, 2.05) is 20.8 Å². The Bertz CT molecular complexity index is 1050. The molecule has 1 aromatic carbocycles. The first kappa shape index (κ1) is 35.1. The largest absolute Gasteiger partial charge is 0.468 e. The van der Waals surface area contributed by atoms with Gasteiger partial charge in [0, 0.05) is 12.8 Å². The summed E-state index contributed by atoms with van der Waals surface area (Å²) in [4.78, 5) is 51.0. The van der Waals surface area contributed by atoms with E-state index >= 15 is 0 Å². The molecule has 0 bridgehead atoms. The lowest BCUT2D eigenvalue weighted by atomic mass is 9.86. The van der Waals surface area contributed by atoms with E-state index < -0.39 is 40.4 Å². The predicted octanol–water partition coefficient (Wildman–Crippen LogP) is 5.54. The zero-order valence-electron chi connectivity index (χ0n) is 26.0. The second-order valence-electron chi connectivity index (χ2n) is 12.0. The zero-order valence-corrected chi connectivity index (χ0v) is 26.0. The van der Waals surface area contributed by atoms with Crippen LogP contribution in [-0.4, -0.2) is 42.6 Å². The van der Waals surface area contributed by atoms with Gasteiger partial charge in [0.15, 0.2) is 11.5 Å². The van der Waals surface area contributed by atoms with Gasteiger partial charge >= 0.3 is 23.9 Å². The molecular formula is C31H49NO8. The van der Waals surface area contributed by atoms with Gasteiger partial charge in [0.1, 0.15) is 11.6 Å². The maximum absolute atomic E-state index is 12.9. The van der Waals surface area contributed by atoms with Crippen LogP contribution >= 0.6 is 0 Å². The SMILES string of the molecule is CCCC(C)C(=O)O[C@@H](C)CC(N)(Cc1ccc(OC(=O)C(C)(C)CC)c(OC(=O)C(C)(C)CC)c1)C(=O)OC. The van der Waals surface area contributed by atoms with Crippen molar-refractivity contribution in [3.05, 3.63) is 23.8 Å². The Hall–Kier alpha value is -2.94. The van der Waals surface area contributed by atoms with E-state index in [0.29, 0.717) is 24.8 Å². The number of nitrogens with two attached hydrogens (primary N) is 1. The molecule has 0 aromatic heterocycles. The van der Waals surface area contributed by atoms with Crippen LogP contribution in [0.4, 0.5) is 0 Å². The van der Waals surface area contributed by atoms with Gasteiger partial charge in [-0.2, -0.15) is 0 Å². The van der Waals surface area contributed by atoms with Crippen LogP contribution in [-0.2, 0) is 35.1 Å². The molecule has 0 fully saturated rings. The van der Waals surface area contributed by atoms with Crippen molar-refractivity contribution in [3.8, 4) is 11.5 Å². The average Bonchev–Trinajstić information content (AvgIpc) is 2.89. The second-order valence-corrected chi connectivity index (χ2v) is 12.0. The van der Waals surface area contributed by atoms with Gasteiger partial charge in [0.25, 0.3) is 0 Å². The quantitative estimate of drug-likeness (QED) is 0.216. The Morgan fingerprint density at radius 2 is 1.38 bits per heavy atom. The van der Waals surface area contributed by atoms with Crippen molar-refractivity contribution in [2.75, 3.05) is 7.11 Å². The number of hydrogen-bond donors (Lipinski definition) is 1. The molecule has 3 atom stereocenters. The number of methoxy groups -OCH3 is 1. The summed E-state index contributed by atoms with van der Waals surface area (Å²) in [5.41, 5.74) is 4.04. The topological polar surface area (TPSA) is 131 Å². The molecule has 0 radical (unpaired) electrons. The summed E-state index contributed by atoms with van der Waals surface area (Å²) in [6.45, 7) is 16.3. The molecule has 2 N–H and O–H groups in total. The summed E-state index contributed by atoms with van der Waals surface area (Å²) >= 11 is 0. The molecule has 0 heterocycles. The van der Waals surface area contributed by atoms with Crippen molar-refractivity contribution in [2.45, 2.75) is 112 Å². The van der Waals surface area contributed by atoms with Crippen LogP contribution in [0.25, 0.3) is 0 Å². The van der Waals surface area contributed by atoms with Crippen molar-refractivity contribution in [2.24, 2.45) is 22.5 Å². The number of carbonyl (C=O) groups is 4. The Kier molecular flexibility index (Phi) is 12.8. The first-order chi connectivity index (χ1) is 18.5. The Labute approximate surface area is 239 Å². The van der Waals surface area contributed by atoms with Gasteiger partial charge in [-0.1, -0.05) is 40.2 Å². The first-order valence-electron chi connectivity index (χ1n) is 14.1. The molecule has 0 spiro atoms. The minimum absolute atomic E-state index is 0.00364. The third-order valence-electron chi connectivity index (χ3n) is 7.49. The van der Waals surface area contributed by atoms with E-state index in [0.717, 1.165) is 6.42 Å². The normalized spacial score (nSPS) is 14.9. The van der Waals surface area contributed by atoms with E-state index in [9.17, 15) is 19.2 Å². The van der Waals surface area contributed by atoms with E-state index in [4.69, 9.17) is 24.7 Å². The summed E-state index contributed by atoms with van der Waals surface area (Å²) in [6, 6.07) is 4.71. The van der Waals surface area contributed by atoms with Crippen LogP contribution in [0.3, 0.4) is 0 Å². The van der Waals surface area contributed by atoms with Gasteiger partial charge in [0.05, 0.1) is 23.9 Å². The summed E-state index contributed by atoms with van der Waals surface area (Å²) in [7, 11) is 1.24. The van der Waals surface area contributed by atoms with Gasteiger partial charge in [0.2, 0.25) is 0 Å². The highest BCUT2D eigenvalue weighted by atomic mass is 16.6. The summed E-state index contributed by atoms with van der Waals surface area (Å²) in [5, 5.41) is 0. The van der Waals surface area contributed by atoms with Gasteiger partial charge in [-0.05, 0) is 71.6 Å². The van der Waals surface area contributed by atoms with Crippen LogP contribution in [0.5, 0.6) is 11.5 Å². The number of benzene rings is 1. The molecule has 0 saturated heterocycles. The lowest BCUT2D eigenvalue weighted by Gasteiger charge is -2.30. The van der Waals surface area contributed by atoms with Crippen LogP contribution < -0.4 is 15.2 Å². The maximum Gasteiger partial charge on any atom is 0.326 e. The van der Waals surface area contributed by atoms with Gasteiger partial charge in [-0.3, -0.25) is 19.2 Å². The molecule has 0 aliphatic rings. The molecule has 226 valence electrons. The van der Waals surface area contributed by atoms with E-state index in [2.05, 4.69) is 0 Å². The van der Waals surface area contributed by atoms with Crippen LogP contribution in [0.2, 0.25) is 0 Å². The third-order valence-corrected chi connectivity index (χ3v) is 7.49. The summed E-state index contributed by atoms with van der Waals surface area (Å²) in [6.07, 6.45) is 1.96. The third kappa shape index (κ3) is 9.61. The van der Waals surface area contributed by atoms with Crippen molar-refractivity contribution in [3.63, 3.8) is 0 Å². The molecule has 0 aliphatic heterocycles. The summed E-state index contributed by atoms with van der Waals surface area (Å²) in [5.74, 6) is -2.13. The minimum Gasteiger partial charge on any atom is -0.468 e. The molecule has 0 aliphatic carbocycles. The smallest absolute Gasteiger partial charge is 0.326 e. The van der Waals surface area contributed by atoms with E-state index in [1.54, 1.807) is 47.6 Å². The standard InChI is InChI=1S/C31H49NO8/c1-11-14-20(4)25(33)38-21(5)18-31(32,28(36)37-10)19-22-15-16-23(39-26(34)29(6,7)12-2)24(17-22)40-27(35)30(8,9)13-3/h15-17,20-21H,11-14,18-19,32H2,1-10H3/t20?,21-,31?/m0/s1. The Morgan fingerprint density at radius 3 is 1.85 bits per heavy atom. The fourth-order valence-electron chi connectivity index (χ4n) is 3.81. The average molecular weight is 564 g/mol. The van der Waals surface area contributed by atoms with Gasteiger partial charge in [-0.15, -0.1) is 0 Å². The lowest BCUT2D eigenvalue weighted by Crippen LogP contribution is -2.53. The highest BCUT2D eigenvalue weighted by Gasteiger charge is 2.39. The Morgan fingerprint density at radius 1 is 0.850 bits per heavy atom. The fourth-order valence-corrected chi connectivity index (χ4v) is 3.81. The second kappa shape index (κ2) is 14.6. The summed E-state index contributed by atoms with van der Waals surface area (Å²) < 4.78 is 22.0. The lowest BCUT2D eigenvalue weighted by molar-refractivity contribution is -0.157. The number of hydrogen-bond acceptors (Lipinski definition) is 9. The molecule has 9 heteroatoms. The van der Waals surface area contributed by atoms with E-state index in [-0.39, 0.29) is 36.2 Å². The molecule has 0 amide bonds. The van der Waals surface area contributed by atoms with Crippen molar-refractivity contribution < 1.29 is 38.1 Å². The number of rotatable bonds is 15. The van der Waals surface area contributed by atoms with E-state index in [1.165, 1.54) is 19.2 Å².